The van der Waals surface area contributed by atoms with Crippen molar-refractivity contribution in [1.82, 2.24) is 10.3 Å². The molecule has 0 aliphatic carbocycles. The van der Waals surface area contributed by atoms with Crippen molar-refractivity contribution in [1.29, 1.82) is 0 Å². The average Bonchev–Trinajstić information content (AvgIpc) is 2.49. The van der Waals surface area contributed by atoms with E-state index in [1.165, 1.54) is 6.20 Å². The topological polar surface area (TPSA) is 80.3 Å². The SMILES string of the molecule is CC(C)(C)NC(=O)Oc1cccc(CC(=O)Nc2cc(Br)c(Cl)cn2)c1. The second kappa shape index (κ2) is 8.51. The third-order valence-corrected chi connectivity index (χ3v) is 4.21. The number of rotatable bonds is 4. The molecular formula is C18H19BrClN3O3. The van der Waals surface area contributed by atoms with E-state index in [1.54, 1.807) is 30.3 Å². The Labute approximate surface area is 165 Å². The number of hydrogen-bond donors (Lipinski definition) is 2. The first-order valence-electron chi connectivity index (χ1n) is 7.82. The number of pyridine rings is 1. The largest absolute Gasteiger partial charge is 0.413 e. The van der Waals surface area contributed by atoms with Gasteiger partial charge in [-0.25, -0.2) is 9.78 Å². The molecule has 2 aromatic rings. The first-order chi connectivity index (χ1) is 12.1. The molecule has 0 fully saturated rings. The van der Waals surface area contributed by atoms with Gasteiger partial charge in [-0.05, 0) is 60.5 Å². The fraction of sp³-hybridized carbons (Fsp3) is 0.278. The molecule has 26 heavy (non-hydrogen) atoms. The summed E-state index contributed by atoms with van der Waals surface area (Å²) in [4.78, 5) is 28.0. The molecule has 0 aliphatic heterocycles. The summed E-state index contributed by atoms with van der Waals surface area (Å²) in [5, 5.41) is 5.86. The molecule has 0 atom stereocenters. The highest BCUT2D eigenvalue weighted by Gasteiger charge is 2.15. The maximum atomic E-state index is 12.2. The number of aromatic nitrogens is 1. The van der Waals surface area contributed by atoms with Crippen molar-refractivity contribution in [3.05, 3.63) is 51.6 Å². The van der Waals surface area contributed by atoms with Crippen LogP contribution >= 0.6 is 27.5 Å². The molecular weight excluding hydrogens is 422 g/mol. The first-order valence-corrected chi connectivity index (χ1v) is 8.99. The number of halogens is 2. The van der Waals surface area contributed by atoms with Crippen LogP contribution in [0.1, 0.15) is 26.3 Å². The second-order valence-electron chi connectivity index (χ2n) is 6.62. The zero-order chi connectivity index (χ0) is 19.3. The van der Waals surface area contributed by atoms with Gasteiger partial charge in [0, 0.05) is 16.2 Å². The van der Waals surface area contributed by atoms with Crippen LogP contribution in [0.25, 0.3) is 0 Å². The highest BCUT2D eigenvalue weighted by molar-refractivity contribution is 9.10. The minimum absolute atomic E-state index is 0.111. The van der Waals surface area contributed by atoms with Crippen molar-refractivity contribution < 1.29 is 14.3 Å². The number of carbonyl (C=O) groups excluding carboxylic acids is 2. The lowest BCUT2D eigenvalue weighted by Crippen LogP contribution is -2.42. The third kappa shape index (κ3) is 6.65. The van der Waals surface area contributed by atoms with Gasteiger partial charge < -0.3 is 15.4 Å². The van der Waals surface area contributed by atoms with Crippen LogP contribution in [0.2, 0.25) is 5.02 Å². The van der Waals surface area contributed by atoms with Gasteiger partial charge in [-0.15, -0.1) is 0 Å². The van der Waals surface area contributed by atoms with Crippen LogP contribution in [0.5, 0.6) is 5.75 Å². The van der Waals surface area contributed by atoms with Gasteiger partial charge in [-0.2, -0.15) is 0 Å². The summed E-state index contributed by atoms with van der Waals surface area (Å²) >= 11 is 9.16. The molecule has 8 heteroatoms. The Morgan fingerprint density at radius 2 is 2.00 bits per heavy atom. The van der Waals surface area contributed by atoms with E-state index in [1.807, 2.05) is 20.8 Å². The predicted octanol–water partition coefficient (Wildman–Crippen LogP) is 4.57. The van der Waals surface area contributed by atoms with Crippen molar-refractivity contribution in [2.45, 2.75) is 32.7 Å². The summed E-state index contributed by atoms with van der Waals surface area (Å²) in [6.07, 6.45) is 1.01. The number of anilines is 1. The first kappa shape index (κ1) is 20.2. The van der Waals surface area contributed by atoms with E-state index in [0.29, 0.717) is 26.6 Å². The number of nitrogens with one attached hydrogen (secondary N) is 2. The van der Waals surface area contributed by atoms with E-state index in [4.69, 9.17) is 16.3 Å². The monoisotopic (exact) mass is 439 g/mol. The molecule has 0 saturated heterocycles. The quantitative estimate of drug-likeness (QED) is 0.730. The number of amides is 2. The third-order valence-electron chi connectivity index (χ3n) is 3.03. The van der Waals surface area contributed by atoms with E-state index < -0.39 is 11.6 Å². The zero-order valence-corrected chi connectivity index (χ0v) is 16.9. The van der Waals surface area contributed by atoms with Crippen LogP contribution in [0.4, 0.5) is 10.6 Å². The number of carbonyl (C=O) groups is 2. The highest BCUT2D eigenvalue weighted by Crippen LogP contribution is 2.23. The Morgan fingerprint density at radius 1 is 1.27 bits per heavy atom. The number of hydrogen-bond acceptors (Lipinski definition) is 4. The molecule has 0 unspecified atom stereocenters. The van der Waals surface area contributed by atoms with E-state index in [9.17, 15) is 9.59 Å². The maximum absolute atomic E-state index is 12.2. The van der Waals surface area contributed by atoms with Crippen LogP contribution < -0.4 is 15.4 Å². The Morgan fingerprint density at radius 3 is 2.65 bits per heavy atom. The predicted molar refractivity (Wildman–Crippen MR) is 105 cm³/mol. The Balaban J connectivity index is 1.98. The van der Waals surface area contributed by atoms with Crippen LogP contribution in [-0.4, -0.2) is 22.5 Å². The van der Waals surface area contributed by atoms with Gasteiger partial charge in [0.25, 0.3) is 0 Å². The molecule has 1 aromatic carbocycles. The summed E-state index contributed by atoms with van der Waals surface area (Å²) in [6, 6.07) is 8.42. The summed E-state index contributed by atoms with van der Waals surface area (Å²) in [5.41, 5.74) is 0.311. The molecule has 0 aliphatic rings. The van der Waals surface area contributed by atoms with Gasteiger partial charge in [0.15, 0.2) is 0 Å². The molecule has 1 aromatic heterocycles. The Bertz CT molecular complexity index is 822. The molecule has 0 radical (unpaired) electrons. The van der Waals surface area contributed by atoms with Gasteiger partial charge in [0.05, 0.1) is 11.4 Å². The Hall–Kier alpha value is -2.12. The summed E-state index contributed by atoms with van der Waals surface area (Å²) < 4.78 is 5.89. The smallest absolute Gasteiger partial charge is 0.410 e. The van der Waals surface area contributed by atoms with Gasteiger partial charge in [-0.1, -0.05) is 23.7 Å². The van der Waals surface area contributed by atoms with Crippen LogP contribution in [0.3, 0.4) is 0 Å². The summed E-state index contributed by atoms with van der Waals surface area (Å²) in [6.45, 7) is 5.58. The van der Waals surface area contributed by atoms with E-state index in [-0.39, 0.29) is 12.3 Å². The molecule has 0 bridgehead atoms. The lowest BCUT2D eigenvalue weighted by atomic mass is 10.1. The highest BCUT2D eigenvalue weighted by atomic mass is 79.9. The fourth-order valence-electron chi connectivity index (χ4n) is 2.01. The molecule has 0 spiro atoms. The zero-order valence-electron chi connectivity index (χ0n) is 14.6. The number of nitrogens with zero attached hydrogens (tertiary/aromatic N) is 1. The van der Waals surface area contributed by atoms with E-state index >= 15 is 0 Å². The molecule has 2 rings (SSSR count). The molecule has 2 amide bonds. The van der Waals surface area contributed by atoms with Crippen LogP contribution in [0.15, 0.2) is 41.0 Å². The second-order valence-corrected chi connectivity index (χ2v) is 7.88. The van der Waals surface area contributed by atoms with Gasteiger partial charge in [-0.3, -0.25) is 4.79 Å². The normalized spacial score (nSPS) is 11.0. The van der Waals surface area contributed by atoms with Crippen LogP contribution in [-0.2, 0) is 11.2 Å². The van der Waals surface area contributed by atoms with Gasteiger partial charge in [0.1, 0.15) is 11.6 Å². The van der Waals surface area contributed by atoms with E-state index in [2.05, 4.69) is 31.5 Å². The molecule has 6 nitrogen and oxygen atoms in total. The number of ether oxygens (including phenoxy) is 1. The average molecular weight is 441 g/mol. The van der Waals surface area contributed by atoms with Crippen molar-refractivity contribution in [3.63, 3.8) is 0 Å². The van der Waals surface area contributed by atoms with Crippen molar-refractivity contribution in [3.8, 4) is 5.75 Å². The van der Waals surface area contributed by atoms with Crippen molar-refractivity contribution in [2.24, 2.45) is 0 Å². The van der Waals surface area contributed by atoms with Crippen molar-refractivity contribution in [2.75, 3.05) is 5.32 Å². The van der Waals surface area contributed by atoms with Crippen molar-refractivity contribution >= 4 is 45.3 Å². The molecule has 2 N–H and O–H groups in total. The fourth-order valence-corrected chi connectivity index (χ4v) is 2.44. The minimum atomic E-state index is -0.547. The lowest BCUT2D eigenvalue weighted by molar-refractivity contribution is -0.115. The van der Waals surface area contributed by atoms with Crippen LogP contribution in [0, 0.1) is 0 Å². The van der Waals surface area contributed by atoms with E-state index in [0.717, 1.165) is 0 Å². The van der Waals surface area contributed by atoms with Gasteiger partial charge in [0.2, 0.25) is 5.91 Å². The van der Waals surface area contributed by atoms with Gasteiger partial charge >= 0.3 is 6.09 Å². The molecule has 1 heterocycles. The summed E-state index contributed by atoms with van der Waals surface area (Å²) in [5.74, 6) is 0.510. The minimum Gasteiger partial charge on any atom is -0.410 e. The maximum Gasteiger partial charge on any atom is 0.413 e. The summed E-state index contributed by atoms with van der Waals surface area (Å²) in [7, 11) is 0. The number of benzene rings is 1. The standard InChI is InChI=1S/C18H19BrClN3O3/c1-18(2,3)23-17(25)26-12-6-4-5-11(7-12)8-16(24)22-15-9-13(19)14(20)10-21-15/h4-7,9-10H,8H2,1-3H3,(H,23,25)(H,21,22,24). The molecule has 0 saturated carbocycles. The lowest BCUT2D eigenvalue weighted by Gasteiger charge is -2.19. The Kier molecular flexibility index (Phi) is 6.61. The molecule has 138 valence electrons.